The van der Waals surface area contributed by atoms with Gasteiger partial charge in [0.05, 0.1) is 0 Å². The second-order valence-corrected chi connectivity index (χ2v) is 5.04. The fraction of sp³-hybridized carbons (Fsp3) is 0.467. The molecular weight excluding hydrogens is 256 g/mol. The molecule has 0 spiro atoms. The molecule has 1 aliphatic heterocycles. The molecule has 0 aliphatic carbocycles. The van der Waals surface area contributed by atoms with Gasteiger partial charge < -0.3 is 14.5 Å². The summed E-state index contributed by atoms with van der Waals surface area (Å²) in [4.78, 5) is 26.3. The predicted octanol–water partition coefficient (Wildman–Crippen LogP) is 1.06. The Morgan fingerprint density at radius 2 is 1.80 bits per heavy atom. The average molecular weight is 276 g/mol. The molecule has 1 saturated heterocycles. The Balaban J connectivity index is 1.89. The van der Waals surface area contributed by atoms with Gasteiger partial charge in [-0.3, -0.25) is 9.59 Å². The van der Waals surface area contributed by atoms with Gasteiger partial charge in [0.25, 0.3) is 5.91 Å². The number of aryl methyl sites for hydroxylation is 1. The molecule has 5 heteroatoms. The lowest BCUT2D eigenvalue weighted by Gasteiger charge is -2.33. The maximum Gasteiger partial charge on any atom is 0.263 e. The molecule has 0 radical (unpaired) electrons. The Hall–Kier alpha value is -2.04. The minimum Gasteiger partial charge on any atom is -0.481 e. The fourth-order valence-electron chi connectivity index (χ4n) is 2.18. The minimum atomic E-state index is -0.513. The first-order chi connectivity index (χ1) is 9.60. The van der Waals surface area contributed by atoms with Gasteiger partial charge in [-0.15, -0.1) is 0 Å². The number of carbonyl (C=O) groups is 2. The van der Waals surface area contributed by atoms with Gasteiger partial charge in [0.1, 0.15) is 5.75 Å². The molecule has 2 rings (SSSR count). The third kappa shape index (κ3) is 3.50. The van der Waals surface area contributed by atoms with E-state index in [4.69, 9.17) is 4.74 Å². The molecule has 1 aliphatic rings. The first kappa shape index (κ1) is 14.4. The molecule has 0 saturated carbocycles. The number of benzene rings is 1. The van der Waals surface area contributed by atoms with Crippen molar-refractivity contribution in [3.05, 3.63) is 29.8 Å². The highest BCUT2D eigenvalue weighted by Gasteiger charge is 2.25. The largest absolute Gasteiger partial charge is 0.481 e. The van der Waals surface area contributed by atoms with Crippen LogP contribution in [0.15, 0.2) is 24.3 Å². The third-order valence-electron chi connectivity index (χ3n) is 3.46. The molecule has 1 heterocycles. The van der Waals surface area contributed by atoms with Crippen LogP contribution in [0.25, 0.3) is 0 Å². The smallest absolute Gasteiger partial charge is 0.263 e. The number of ether oxygens (including phenoxy) is 1. The second-order valence-electron chi connectivity index (χ2n) is 5.04. The summed E-state index contributed by atoms with van der Waals surface area (Å²) in [5.74, 6) is 0.666. The van der Waals surface area contributed by atoms with Crippen LogP contribution >= 0.6 is 0 Å². The van der Waals surface area contributed by atoms with E-state index >= 15 is 0 Å². The summed E-state index contributed by atoms with van der Waals surface area (Å²) in [6, 6.07) is 7.64. The standard InChI is InChI=1S/C15H20N2O3/c1-12-3-5-14(6-4-12)20-13(2)15(19)17-9-7-16(11-18)8-10-17/h3-6,11,13H,7-10H2,1-2H3/t13-/m1/s1. The third-order valence-corrected chi connectivity index (χ3v) is 3.46. The van der Waals surface area contributed by atoms with Crippen molar-refractivity contribution < 1.29 is 14.3 Å². The molecule has 0 aromatic heterocycles. The van der Waals surface area contributed by atoms with Crippen molar-refractivity contribution in [3.63, 3.8) is 0 Å². The maximum absolute atomic E-state index is 12.3. The number of carbonyl (C=O) groups excluding carboxylic acids is 2. The highest BCUT2D eigenvalue weighted by Crippen LogP contribution is 2.14. The average Bonchev–Trinajstić information content (AvgIpc) is 2.49. The summed E-state index contributed by atoms with van der Waals surface area (Å²) >= 11 is 0. The zero-order valence-electron chi connectivity index (χ0n) is 11.9. The Morgan fingerprint density at radius 1 is 1.20 bits per heavy atom. The van der Waals surface area contributed by atoms with Crippen LogP contribution in [0.1, 0.15) is 12.5 Å². The molecule has 0 bridgehead atoms. The summed E-state index contributed by atoms with van der Waals surface area (Å²) in [6.45, 7) is 6.08. The van der Waals surface area contributed by atoms with E-state index in [2.05, 4.69) is 0 Å². The van der Waals surface area contributed by atoms with Gasteiger partial charge in [-0.1, -0.05) is 17.7 Å². The summed E-state index contributed by atoms with van der Waals surface area (Å²) in [6.07, 6.45) is 0.314. The van der Waals surface area contributed by atoms with Crippen molar-refractivity contribution in [1.82, 2.24) is 9.80 Å². The van der Waals surface area contributed by atoms with Crippen molar-refractivity contribution in [2.75, 3.05) is 26.2 Å². The van der Waals surface area contributed by atoms with Crippen LogP contribution in [0, 0.1) is 6.92 Å². The molecular formula is C15H20N2O3. The molecule has 1 atom stereocenters. The Bertz CT molecular complexity index is 465. The van der Waals surface area contributed by atoms with Crippen molar-refractivity contribution >= 4 is 12.3 Å². The molecule has 108 valence electrons. The molecule has 1 aromatic rings. The van der Waals surface area contributed by atoms with Crippen LogP contribution in [-0.4, -0.2) is 54.4 Å². The van der Waals surface area contributed by atoms with Crippen LogP contribution in [-0.2, 0) is 9.59 Å². The summed E-state index contributed by atoms with van der Waals surface area (Å²) in [5, 5.41) is 0. The number of nitrogens with zero attached hydrogens (tertiary/aromatic N) is 2. The van der Waals surface area contributed by atoms with E-state index in [1.54, 1.807) is 16.7 Å². The first-order valence-electron chi connectivity index (χ1n) is 6.81. The van der Waals surface area contributed by atoms with E-state index in [0.717, 1.165) is 12.0 Å². The molecule has 0 unspecified atom stereocenters. The Kier molecular flexibility index (Phi) is 4.61. The van der Waals surface area contributed by atoms with Crippen molar-refractivity contribution in [2.45, 2.75) is 20.0 Å². The Labute approximate surface area is 119 Å². The van der Waals surface area contributed by atoms with E-state index in [-0.39, 0.29) is 5.91 Å². The lowest BCUT2D eigenvalue weighted by atomic mass is 10.2. The monoisotopic (exact) mass is 276 g/mol. The Morgan fingerprint density at radius 3 is 2.35 bits per heavy atom. The zero-order valence-corrected chi connectivity index (χ0v) is 11.9. The molecule has 1 aromatic carbocycles. The molecule has 5 nitrogen and oxygen atoms in total. The summed E-state index contributed by atoms with van der Waals surface area (Å²) in [5.41, 5.74) is 1.15. The fourth-order valence-corrected chi connectivity index (χ4v) is 2.18. The van der Waals surface area contributed by atoms with Gasteiger partial charge >= 0.3 is 0 Å². The van der Waals surface area contributed by atoms with Crippen LogP contribution in [0.2, 0.25) is 0 Å². The number of hydrogen-bond donors (Lipinski definition) is 0. The quantitative estimate of drug-likeness (QED) is 0.773. The predicted molar refractivity (Wildman–Crippen MR) is 75.5 cm³/mol. The van der Waals surface area contributed by atoms with E-state index in [1.165, 1.54) is 0 Å². The van der Waals surface area contributed by atoms with Crippen LogP contribution < -0.4 is 4.74 Å². The highest BCUT2D eigenvalue weighted by atomic mass is 16.5. The second kappa shape index (κ2) is 6.41. The molecule has 2 amide bonds. The van der Waals surface area contributed by atoms with Crippen molar-refractivity contribution in [2.24, 2.45) is 0 Å². The minimum absolute atomic E-state index is 0.0314. The van der Waals surface area contributed by atoms with Crippen molar-refractivity contribution in [3.8, 4) is 5.75 Å². The van der Waals surface area contributed by atoms with Crippen molar-refractivity contribution in [1.29, 1.82) is 0 Å². The molecule has 1 fully saturated rings. The van der Waals surface area contributed by atoms with Gasteiger partial charge in [0.2, 0.25) is 6.41 Å². The first-order valence-corrected chi connectivity index (χ1v) is 6.81. The van der Waals surface area contributed by atoms with E-state index in [1.807, 2.05) is 31.2 Å². The van der Waals surface area contributed by atoms with Crippen LogP contribution in [0.3, 0.4) is 0 Å². The van der Waals surface area contributed by atoms with Gasteiger partial charge in [0.15, 0.2) is 6.10 Å². The maximum atomic E-state index is 12.3. The molecule has 20 heavy (non-hydrogen) atoms. The van der Waals surface area contributed by atoms with Crippen LogP contribution in [0.4, 0.5) is 0 Å². The van der Waals surface area contributed by atoms with Gasteiger partial charge in [-0.05, 0) is 26.0 Å². The lowest BCUT2D eigenvalue weighted by Crippen LogP contribution is -2.51. The van der Waals surface area contributed by atoms with E-state index in [0.29, 0.717) is 31.9 Å². The number of amides is 2. The number of hydrogen-bond acceptors (Lipinski definition) is 3. The van der Waals surface area contributed by atoms with Gasteiger partial charge in [-0.25, -0.2) is 0 Å². The van der Waals surface area contributed by atoms with Gasteiger partial charge in [-0.2, -0.15) is 0 Å². The van der Waals surface area contributed by atoms with E-state index in [9.17, 15) is 9.59 Å². The SMILES string of the molecule is Cc1ccc(O[C@H](C)C(=O)N2CCN(C=O)CC2)cc1. The van der Waals surface area contributed by atoms with E-state index < -0.39 is 6.10 Å². The summed E-state index contributed by atoms with van der Waals surface area (Å²) in [7, 11) is 0. The summed E-state index contributed by atoms with van der Waals surface area (Å²) < 4.78 is 5.66. The highest BCUT2D eigenvalue weighted by molar-refractivity contribution is 5.81. The molecule has 0 N–H and O–H groups in total. The van der Waals surface area contributed by atoms with Crippen LogP contribution in [0.5, 0.6) is 5.75 Å². The zero-order chi connectivity index (χ0) is 14.5. The number of piperazine rings is 1. The lowest BCUT2D eigenvalue weighted by molar-refractivity contribution is -0.141. The topological polar surface area (TPSA) is 49.9 Å². The van der Waals surface area contributed by atoms with Gasteiger partial charge in [0, 0.05) is 26.2 Å². The number of rotatable bonds is 4. The normalized spacial score (nSPS) is 16.7.